The second kappa shape index (κ2) is 8.32. The van der Waals surface area contributed by atoms with E-state index in [2.05, 4.69) is 31.5 Å². The first-order valence-corrected chi connectivity index (χ1v) is 4.67. The van der Waals surface area contributed by atoms with Gasteiger partial charge in [-0.25, -0.2) is 0 Å². The molecule has 2 heteroatoms. The molecule has 0 bridgehead atoms. The molecule has 1 aromatic rings. The summed E-state index contributed by atoms with van der Waals surface area (Å²) in [4.78, 5) is 0. The maximum Gasteiger partial charge on any atom is 0.119 e. The Labute approximate surface area is 86.6 Å². The van der Waals surface area contributed by atoms with Crippen molar-refractivity contribution in [1.29, 1.82) is 0 Å². The number of aryl methyl sites for hydroxylation is 1. The fourth-order valence-electron chi connectivity index (χ4n) is 0.976. The molecule has 1 N–H and O–H groups in total. The van der Waals surface area contributed by atoms with E-state index in [1.165, 1.54) is 5.56 Å². The topological polar surface area (TPSA) is 21.3 Å². The van der Waals surface area contributed by atoms with Crippen LogP contribution in [0.15, 0.2) is 37.4 Å². The zero-order valence-corrected chi connectivity index (χ0v) is 9.05. The molecule has 0 aliphatic carbocycles. The highest BCUT2D eigenvalue weighted by Gasteiger charge is 1.91. The Kier molecular flexibility index (Phi) is 7.56. The van der Waals surface area contributed by atoms with Crippen LogP contribution in [-0.2, 0) is 0 Å². The van der Waals surface area contributed by atoms with Crippen LogP contribution in [0.5, 0.6) is 5.75 Å². The monoisotopic (exact) mass is 193 g/mol. The summed E-state index contributed by atoms with van der Waals surface area (Å²) in [6.45, 7) is 9.67. The van der Waals surface area contributed by atoms with Crippen LogP contribution in [0.1, 0.15) is 5.56 Å². The molecule has 0 amide bonds. The first kappa shape index (κ1) is 12.7. The fraction of sp³-hybridized carbons (Fsp3) is 0.333. The van der Waals surface area contributed by atoms with Crippen molar-refractivity contribution >= 4 is 0 Å². The molecule has 14 heavy (non-hydrogen) atoms. The molecule has 0 saturated carbocycles. The molecule has 0 unspecified atom stereocenters. The molecule has 0 atom stereocenters. The highest BCUT2D eigenvalue weighted by molar-refractivity contribution is 5.27. The average Bonchev–Trinajstić information content (AvgIpc) is 2.21. The van der Waals surface area contributed by atoms with Gasteiger partial charge in [0.15, 0.2) is 0 Å². The number of rotatable bonds is 4. The van der Waals surface area contributed by atoms with E-state index in [0.29, 0.717) is 0 Å². The van der Waals surface area contributed by atoms with E-state index in [9.17, 15) is 0 Å². The van der Waals surface area contributed by atoms with Gasteiger partial charge in [-0.15, -0.1) is 13.2 Å². The normalized spacial score (nSPS) is 8.71. The van der Waals surface area contributed by atoms with Crippen LogP contribution < -0.4 is 10.1 Å². The minimum absolute atomic E-state index is 0.722. The van der Waals surface area contributed by atoms with Gasteiger partial charge >= 0.3 is 0 Å². The quantitative estimate of drug-likeness (QED) is 0.585. The van der Waals surface area contributed by atoms with Crippen LogP contribution in [0.2, 0.25) is 0 Å². The predicted molar refractivity (Wildman–Crippen MR) is 61.9 cm³/mol. The summed E-state index contributed by atoms with van der Waals surface area (Å²) < 4.78 is 5.46. The Hall–Kier alpha value is -1.28. The van der Waals surface area contributed by atoms with Gasteiger partial charge < -0.3 is 10.1 Å². The average molecular weight is 193 g/mol. The van der Waals surface area contributed by atoms with Crippen molar-refractivity contribution in [3.63, 3.8) is 0 Å². The van der Waals surface area contributed by atoms with Crippen LogP contribution in [0.3, 0.4) is 0 Å². The van der Waals surface area contributed by atoms with Crippen LogP contribution in [0.4, 0.5) is 0 Å². The Morgan fingerprint density at radius 3 is 2.64 bits per heavy atom. The van der Waals surface area contributed by atoms with Crippen molar-refractivity contribution < 1.29 is 4.74 Å². The standard InChI is InChI=1S/C10H15NO.C2H4/c1-9-4-3-5-10(8-9)12-7-6-11-2;1-2/h3-5,8,11H,6-7H2,1-2H3;1-2H2. The summed E-state index contributed by atoms with van der Waals surface area (Å²) in [6.07, 6.45) is 0. The lowest BCUT2D eigenvalue weighted by molar-refractivity contribution is 0.318. The second-order valence-corrected chi connectivity index (χ2v) is 2.77. The van der Waals surface area contributed by atoms with Gasteiger partial charge in [-0.3, -0.25) is 0 Å². The summed E-state index contributed by atoms with van der Waals surface area (Å²) in [6, 6.07) is 8.08. The molecule has 1 rings (SSSR count). The molecule has 0 aromatic heterocycles. The van der Waals surface area contributed by atoms with Gasteiger partial charge in [0.2, 0.25) is 0 Å². The molecule has 0 aliphatic rings. The Balaban J connectivity index is 0.000000791. The lowest BCUT2D eigenvalue weighted by atomic mass is 10.2. The maximum absolute atomic E-state index is 5.46. The maximum atomic E-state index is 5.46. The number of hydrogen-bond acceptors (Lipinski definition) is 2. The largest absolute Gasteiger partial charge is 0.492 e. The molecule has 0 radical (unpaired) electrons. The molecule has 0 aliphatic heterocycles. The van der Waals surface area contributed by atoms with Crippen LogP contribution >= 0.6 is 0 Å². The third-order valence-electron chi connectivity index (χ3n) is 1.61. The van der Waals surface area contributed by atoms with E-state index in [-0.39, 0.29) is 0 Å². The minimum atomic E-state index is 0.722. The van der Waals surface area contributed by atoms with Gasteiger partial charge in [0.05, 0.1) is 0 Å². The minimum Gasteiger partial charge on any atom is -0.492 e. The van der Waals surface area contributed by atoms with Gasteiger partial charge in [0, 0.05) is 6.54 Å². The fourth-order valence-corrected chi connectivity index (χ4v) is 0.976. The molecular weight excluding hydrogens is 174 g/mol. The number of hydrogen-bond donors (Lipinski definition) is 1. The van der Waals surface area contributed by atoms with Gasteiger partial charge in [-0.1, -0.05) is 12.1 Å². The van der Waals surface area contributed by atoms with E-state index < -0.39 is 0 Å². The van der Waals surface area contributed by atoms with Gasteiger partial charge in [0.1, 0.15) is 12.4 Å². The Bertz CT molecular complexity index is 248. The van der Waals surface area contributed by atoms with Crippen molar-refractivity contribution in [2.24, 2.45) is 0 Å². The Morgan fingerprint density at radius 1 is 1.36 bits per heavy atom. The van der Waals surface area contributed by atoms with Crippen LogP contribution in [-0.4, -0.2) is 20.2 Å². The van der Waals surface area contributed by atoms with E-state index in [4.69, 9.17) is 4.74 Å². The summed E-state index contributed by atoms with van der Waals surface area (Å²) >= 11 is 0. The predicted octanol–water partition coefficient (Wildman–Crippen LogP) is 2.40. The van der Waals surface area contributed by atoms with Gasteiger partial charge in [-0.2, -0.15) is 0 Å². The van der Waals surface area contributed by atoms with E-state index in [0.717, 1.165) is 18.9 Å². The lowest BCUT2D eigenvalue weighted by Gasteiger charge is -2.05. The second-order valence-electron chi connectivity index (χ2n) is 2.77. The van der Waals surface area contributed by atoms with Crippen LogP contribution in [0.25, 0.3) is 0 Å². The highest BCUT2D eigenvalue weighted by Crippen LogP contribution is 2.11. The zero-order chi connectivity index (χ0) is 10.8. The van der Waals surface area contributed by atoms with Crippen molar-refractivity contribution in [2.45, 2.75) is 6.92 Å². The van der Waals surface area contributed by atoms with Gasteiger partial charge in [-0.05, 0) is 31.7 Å². The zero-order valence-electron chi connectivity index (χ0n) is 9.05. The molecule has 1 aromatic carbocycles. The highest BCUT2D eigenvalue weighted by atomic mass is 16.5. The SMILES string of the molecule is C=C.CNCCOc1cccc(C)c1. The van der Waals surface area contributed by atoms with E-state index in [1.807, 2.05) is 25.2 Å². The molecule has 2 nitrogen and oxygen atoms in total. The molecule has 0 spiro atoms. The van der Waals surface area contributed by atoms with Crippen molar-refractivity contribution in [3.8, 4) is 5.75 Å². The van der Waals surface area contributed by atoms with Crippen molar-refractivity contribution in [1.82, 2.24) is 5.32 Å². The smallest absolute Gasteiger partial charge is 0.119 e. The number of likely N-dealkylation sites (N-methyl/N-ethyl adjacent to an activating group) is 1. The first-order valence-electron chi connectivity index (χ1n) is 4.67. The number of benzene rings is 1. The lowest BCUT2D eigenvalue weighted by Crippen LogP contribution is -2.15. The molecule has 78 valence electrons. The first-order chi connectivity index (χ1) is 6.83. The molecule has 0 fully saturated rings. The molecule has 0 saturated heterocycles. The summed E-state index contributed by atoms with van der Waals surface area (Å²) in [5, 5.41) is 3.03. The van der Waals surface area contributed by atoms with Crippen molar-refractivity contribution in [2.75, 3.05) is 20.2 Å². The number of nitrogens with one attached hydrogen (secondary N) is 1. The third kappa shape index (κ3) is 5.38. The Morgan fingerprint density at radius 2 is 2.07 bits per heavy atom. The molecule has 0 heterocycles. The van der Waals surface area contributed by atoms with E-state index >= 15 is 0 Å². The van der Waals surface area contributed by atoms with Crippen LogP contribution in [0, 0.1) is 6.92 Å². The van der Waals surface area contributed by atoms with Crippen molar-refractivity contribution in [3.05, 3.63) is 43.0 Å². The molecular formula is C12H19NO. The summed E-state index contributed by atoms with van der Waals surface area (Å²) in [7, 11) is 1.92. The summed E-state index contributed by atoms with van der Waals surface area (Å²) in [5.41, 5.74) is 1.23. The number of ether oxygens (including phenoxy) is 1. The van der Waals surface area contributed by atoms with Gasteiger partial charge in [0.25, 0.3) is 0 Å². The van der Waals surface area contributed by atoms with E-state index in [1.54, 1.807) is 0 Å². The third-order valence-corrected chi connectivity index (χ3v) is 1.61. The summed E-state index contributed by atoms with van der Waals surface area (Å²) in [5.74, 6) is 0.949.